The highest BCUT2D eigenvalue weighted by Crippen LogP contribution is 2.18. The molecular weight excluding hydrogens is 240 g/mol. The molecule has 1 rings (SSSR count). The minimum Gasteiger partial charge on any atom is -0.466 e. The molecule has 4 nitrogen and oxygen atoms in total. The van der Waals surface area contributed by atoms with Crippen LogP contribution in [0.2, 0.25) is 0 Å². The molecule has 1 aliphatic rings. The molecule has 1 fully saturated rings. The highest BCUT2D eigenvalue weighted by atomic mass is 16.5. The molecule has 0 aromatic carbocycles. The van der Waals surface area contributed by atoms with Gasteiger partial charge in [0.2, 0.25) is 0 Å². The number of likely N-dealkylation sites (tertiary alicyclic amines) is 1. The predicted octanol–water partition coefficient (Wildman–Crippen LogP) is 2.04. The van der Waals surface area contributed by atoms with Crippen molar-refractivity contribution < 1.29 is 9.53 Å². The van der Waals surface area contributed by atoms with Crippen LogP contribution in [-0.4, -0.2) is 49.2 Å². The van der Waals surface area contributed by atoms with Gasteiger partial charge in [0.25, 0.3) is 0 Å². The average Bonchev–Trinajstić information content (AvgIpc) is 2.34. The van der Waals surface area contributed by atoms with Gasteiger partial charge in [0.1, 0.15) is 0 Å². The Morgan fingerprint density at radius 1 is 1.32 bits per heavy atom. The zero-order valence-electron chi connectivity index (χ0n) is 13.0. The van der Waals surface area contributed by atoms with E-state index in [1.54, 1.807) is 0 Å². The molecule has 0 aliphatic carbocycles. The minimum atomic E-state index is -0.00320. The normalized spacial score (nSPS) is 18.5. The molecule has 0 unspecified atom stereocenters. The lowest BCUT2D eigenvalue weighted by atomic mass is 9.97. The number of ether oxygens (including phenoxy) is 1. The van der Waals surface area contributed by atoms with Crippen LogP contribution in [0.1, 0.15) is 47.0 Å². The van der Waals surface area contributed by atoms with Gasteiger partial charge >= 0.3 is 5.97 Å². The summed E-state index contributed by atoms with van der Waals surface area (Å²) in [4.78, 5) is 14.1. The van der Waals surface area contributed by atoms with Gasteiger partial charge in [0, 0.05) is 5.54 Å². The molecule has 0 radical (unpaired) electrons. The number of piperidine rings is 1. The van der Waals surface area contributed by atoms with E-state index in [0.29, 0.717) is 6.61 Å². The van der Waals surface area contributed by atoms with Gasteiger partial charge in [-0.2, -0.15) is 0 Å². The lowest BCUT2D eigenvalue weighted by molar-refractivity contribution is -0.149. The molecule has 0 amide bonds. The Morgan fingerprint density at radius 3 is 2.47 bits per heavy atom. The van der Waals surface area contributed by atoms with E-state index in [9.17, 15) is 4.79 Å². The topological polar surface area (TPSA) is 41.6 Å². The molecule has 0 bridgehead atoms. The molecule has 112 valence electrons. The molecule has 4 heteroatoms. The predicted molar refractivity (Wildman–Crippen MR) is 78.2 cm³/mol. The Balaban J connectivity index is 2.11. The molecule has 1 heterocycles. The fraction of sp³-hybridized carbons (Fsp3) is 0.933. The summed E-state index contributed by atoms with van der Waals surface area (Å²) in [5.41, 5.74) is 0.205. The van der Waals surface area contributed by atoms with Crippen molar-refractivity contribution in [2.45, 2.75) is 52.5 Å². The molecule has 1 N–H and O–H groups in total. The molecule has 0 aromatic rings. The molecule has 19 heavy (non-hydrogen) atoms. The van der Waals surface area contributed by atoms with E-state index >= 15 is 0 Å². The largest absolute Gasteiger partial charge is 0.466 e. The minimum absolute atomic E-state index is 0.00320. The third-order valence-electron chi connectivity index (χ3n) is 3.51. The average molecular weight is 270 g/mol. The van der Waals surface area contributed by atoms with Crippen LogP contribution < -0.4 is 5.32 Å². The second-order valence-corrected chi connectivity index (χ2v) is 6.40. The highest BCUT2D eigenvalue weighted by Gasteiger charge is 2.25. The number of nitrogens with one attached hydrogen (secondary N) is 1. The number of rotatable bonds is 6. The van der Waals surface area contributed by atoms with Gasteiger partial charge in [-0.1, -0.05) is 0 Å². The van der Waals surface area contributed by atoms with Gasteiger partial charge in [0.15, 0.2) is 0 Å². The first-order chi connectivity index (χ1) is 8.92. The first kappa shape index (κ1) is 16.4. The van der Waals surface area contributed by atoms with Crippen molar-refractivity contribution >= 4 is 5.97 Å². The maximum Gasteiger partial charge on any atom is 0.309 e. The van der Waals surface area contributed by atoms with Crippen LogP contribution in [-0.2, 0) is 9.53 Å². The van der Waals surface area contributed by atoms with E-state index in [-0.39, 0.29) is 17.4 Å². The van der Waals surface area contributed by atoms with Crippen LogP contribution >= 0.6 is 0 Å². The molecule has 0 saturated carbocycles. The standard InChI is InChI=1S/C15H30N2O2/c1-5-19-14(18)13-7-11-17(12-8-13)10-6-9-16-15(2,3)4/h13,16H,5-12H2,1-4H3. The quantitative estimate of drug-likeness (QED) is 0.592. The van der Waals surface area contributed by atoms with Crippen LogP contribution in [0.5, 0.6) is 0 Å². The Morgan fingerprint density at radius 2 is 1.95 bits per heavy atom. The van der Waals surface area contributed by atoms with Crippen molar-refractivity contribution in [2.24, 2.45) is 5.92 Å². The van der Waals surface area contributed by atoms with E-state index in [1.165, 1.54) is 6.42 Å². The first-order valence-corrected chi connectivity index (χ1v) is 7.56. The Hall–Kier alpha value is -0.610. The summed E-state index contributed by atoms with van der Waals surface area (Å²) in [6.45, 7) is 13.2. The molecule has 1 aliphatic heterocycles. The van der Waals surface area contributed by atoms with Crippen LogP contribution in [0.15, 0.2) is 0 Å². The fourth-order valence-corrected chi connectivity index (χ4v) is 2.42. The van der Waals surface area contributed by atoms with Crippen molar-refractivity contribution in [1.29, 1.82) is 0 Å². The van der Waals surface area contributed by atoms with Crippen molar-refractivity contribution in [3.8, 4) is 0 Å². The Labute approximate surface area is 117 Å². The van der Waals surface area contributed by atoms with E-state index in [2.05, 4.69) is 31.0 Å². The third kappa shape index (κ3) is 6.92. The maximum atomic E-state index is 11.6. The lowest BCUT2D eigenvalue weighted by Gasteiger charge is -2.31. The van der Waals surface area contributed by atoms with E-state index in [1.807, 2.05) is 6.92 Å². The summed E-state index contributed by atoms with van der Waals surface area (Å²) in [5, 5.41) is 3.50. The third-order valence-corrected chi connectivity index (χ3v) is 3.51. The monoisotopic (exact) mass is 270 g/mol. The molecular formula is C15H30N2O2. The van der Waals surface area contributed by atoms with Crippen molar-refractivity contribution in [3.05, 3.63) is 0 Å². The Kier molecular flexibility index (Phi) is 6.80. The number of hydrogen-bond acceptors (Lipinski definition) is 4. The van der Waals surface area contributed by atoms with Gasteiger partial charge in [-0.15, -0.1) is 0 Å². The summed E-state index contributed by atoms with van der Waals surface area (Å²) < 4.78 is 5.09. The summed E-state index contributed by atoms with van der Waals surface area (Å²) in [6, 6.07) is 0. The molecule has 0 atom stereocenters. The van der Waals surface area contributed by atoms with E-state index in [4.69, 9.17) is 4.74 Å². The second-order valence-electron chi connectivity index (χ2n) is 6.40. The van der Waals surface area contributed by atoms with Crippen LogP contribution in [0.25, 0.3) is 0 Å². The van der Waals surface area contributed by atoms with Gasteiger partial charge < -0.3 is 15.0 Å². The van der Waals surface area contributed by atoms with Gasteiger partial charge in [-0.05, 0) is 73.1 Å². The zero-order valence-corrected chi connectivity index (χ0v) is 13.0. The van der Waals surface area contributed by atoms with Crippen molar-refractivity contribution in [1.82, 2.24) is 10.2 Å². The van der Waals surface area contributed by atoms with Crippen LogP contribution in [0, 0.1) is 5.92 Å². The second kappa shape index (κ2) is 7.85. The maximum absolute atomic E-state index is 11.6. The molecule has 0 aromatic heterocycles. The van der Waals surface area contributed by atoms with Crippen LogP contribution in [0.3, 0.4) is 0 Å². The van der Waals surface area contributed by atoms with E-state index in [0.717, 1.165) is 39.0 Å². The fourth-order valence-electron chi connectivity index (χ4n) is 2.42. The van der Waals surface area contributed by atoms with Gasteiger partial charge in [-0.25, -0.2) is 0 Å². The summed E-state index contributed by atoms with van der Waals surface area (Å²) in [5.74, 6) is 0.125. The summed E-state index contributed by atoms with van der Waals surface area (Å²) >= 11 is 0. The zero-order chi connectivity index (χ0) is 14.3. The van der Waals surface area contributed by atoms with Gasteiger partial charge in [-0.3, -0.25) is 4.79 Å². The number of hydrogen-bond donors (Lipinski definition) is 1. The number of carbonyl (C=O) groups is 1. The highest BCUT2D eigenvalue weighted by molar-refractivity contribution is 5.72. The number of nitrogens with zero attached hydrogens (tertiary/aromatic N) is 1. The SMILES string of the molecule is CCOC(=O)C1CCN(CCCNC(C)(C)C)CC1. The van der Waals surface area contributed by atoms with Crippen molar-refractivity contribution in [2.75, 3.05) is 32.8 Å². The summed E-state index contributed by atoms with van der Waals surface area (Å²) in [6.07, 6.45) is 3.07. The smallest absolute Gasteiger partial charge is 0.309 e. The molecule has 0 spiro atoms. The Bertz CT molecular complexity index is 266. The lowest BCUT2D eigenvalue weighted by Crippen LogP contribution is -2.40. The van der Waals surface area contributed by atoms with Crippen molar-refractivity contribution in [3.63, 3.8) is 0 Å². The van der Waals surface area contributed by atoms with Crippen LogP contribution in [0.4, 0.5) is 0 Å². The molecule has 1 saturated heterocycles. The van der Waals surface area contributed by atoms with E-state index < -0.39 is 0 Å². The first-order valence-electron chi connectivity index (χ1n) is 7.56. The summed E-state index contributed by atoms with van der Waals surface area (Å²) in [7, 11) is 0. The van der Waals surface area contributed by atoms with Gasteiger partial charge in [0.05, 0.1) is 12.5 Å². The number of esters is 1. The number of carbonyl (C=O) groups excluding carboxylic acids is 1.